The lowest BCUT2D eigenvalue weighted by Crippen LogP contribution is -2.41. The van der Waals surface area contributed by atoms with Gasteiger partial charge in [-0.3, -0.25) is 4.79 Å². The number of carboxylic acid groups (broad SMARTS) is 1. The van der Waals surface area contributed by atoms with Gasteiger partial charge in [0.2, 0.25) is 5.91 Å². The molecule has 8 heteroatoms. The Hall–Kier alpha value is -3.39. The van der Waals surface area contributed by atoms with Gasteiger partial charge < -0.3 is 25.6 Å². The van der Waals surface area contributed by atoms with Crippen LogP contribution in [0.5, 0.6) is 0 Å². The summed E-state index contributed by atoms with van der Waals surface area (Å²) in [6, 6.07) is 16.2. The lowest BCUT2D eigenvalue weighted by Gasteiger charge is -2.24. The van der Waals surface area contributed by atoms with Crippen molar-refractivity contribution in [1.82, 2.24) is 10.6 Å². The maximum absolute atomic E-state index is 12.3. The fraction of sp³-hybridized carbons (Fsp3) is 0.400. The Balaban J connectivity index is 1.44. The fourth-order valence-electron chi connectivity index (χ4n) is 3.93. The monoisotopic (exact) mass is 454 g/mol. The summed E-state index contributed by atoms with van der Waals surface area (Å²) >= 11 is 0. The van der Waals surface area contributed by atoms with E-state index < -0.39 is 23.6 Å². The first-order valence-electron chi connectivity index (χ1n) is 11.0. The molecule has 1 atom stereocenters. The number of aliphatic carboxylic acids is 1. The number of fused-ring (bicyclic) bond motifs is 3. The number of aliphatic hydroxyl groups excluding tert-OH is 1. The summed E-state index contributed by atoms with van der Waals surface area (Å²) in [5.41, 5.74) is 3.80. The minimum atomic E-state index is -1.51. The Kier molecular flexibility index (Phi) is 7.71. The van der Waals surface area contributed by atoms with Gasteiger partial charge in [-0.05, 0) is 28.7 Å². The predicted octanol–water partition coefficient (Wildman–Crippen LogP) is 2.89. The number of nitrogens with one attached hydrogen (secondary N) is 2. The molecule has 0 spiro atoms. The standard InChI is InChI=1S/C25H30N2O6/c1-25(2,23(31)26-13-11-21(28)22(29)30)12-14-27-24(32)33-15-20-18-9-5-3-7-16(18)17-8-4-6-10-19(17)20/h3-10,20-21,28H,11-15H2,1-2H3,(H,26,31)(H,27,32)(H,29,30)/t21-/m0/s1. The molecule has 3 rings (SSSR count). The first-order valence-corrected chi connectivity index (χ1v) is 11.0. The van der Waals surface area contributed by atoms with Gasteiger partial charge in [0.05, 0.1) is 0 Å². The van der Waals surface area contributed by atoms with Crippen molar-refractivity contribution in [3.05, 3.63) is 59.7 Å². The van der Waals surface area contributed by atoms with Crippen molar-refractivity contribution in [2.45, 2.75) is 38.7 Å². The Labute approximate surface area is 193 Å². The molecule has 2 aromatic rings. The van der Waals surface area contributed by atoms with Crippen LogP contribution < -0.4 is 10.6 Å². The highest BCUT2D eigenvalue weighted by molar-refractivity contribution is 5.82. The van der Waals surface area contributed by atoms with Crippen LogP contribution in [0.3, 0.4) is 0 Å². The van der Waals surface area contributed by atoms with Crippen LogP contribution in [0.15, 0.2) is 48.5 Å². The molecule has 0 unspecified atom stereocenters. The average molecular weight is 455 g/mol. The third-order valence-electron chi connectivity index (χ3n) is 5.97. The summed E-state index contributed by atoms with van der Waals surface area (Å²) < 4.78 is 5.49. The van der Waals surface area contributed by atoms with Gasteiger partial charge >= 0.3 is 12.1 Å². The minimum Gasteiger partial charge on any atom is -0.479 e. The van der Waals surface area contributed by atoms with Crippen molar-refractivity contribution in [2.24, 2.45) is 5.41 Å². The van der Waals surface area contributed by atoms with E-state index in [0.29, 0.717) is 6.42 Å². The molecule has 0 saturated heterocycles. The third kappa shape index (κ3) is 5.90. The minimum absolute atomic E-state index is 0.0217. The Morgan fingerprint density at radius 1 is 0.970 bits per heavy atom. The summed E-state index contributed by atoms with van der Waals surface area (Å²) in [7, 11) is 0. The van der Waals surface area contributed by atoms with Crippen molar-refractivity contribution in [3.63, 3.8) is 0 Å². The lowest BCUT2D eigenvalue weighted by molar-refractivity contribution is -0.147. The topological polar surface area (TPSA) is 125 Å². The number of amides is 2. The number of alkyl carbamates (subject to hydrolysis) is 1. The number of benzene rings is 2. The van der Waals surface area contributed by atoms with Crippen LogP contribution in [0.1, 0.15) is 43.7 Å². The second kappa shape index (κ2) is 10.5. The number of rotatable bonds is 10. The molecule has 0 radical (unpaired) electrons. The number of ether oxygens (including phenoxy) is 1. The zero-order valence-corrected chi connectivity index (χ0v) is 18.8. The highest BCUT2D eigenvalue weighted by atomic mass is 16.5. The van der Waals surface area contributed by atoms with Crippen molar-refractivity contribution < 1.29 is 29.3 Å². The second-order valence-corrected chi connectivity index (χ2v) is 8.78. The van der Waals surface area contributed by atoms with E-state index in [1.54, 1.807) is 13.8 Å². The van der Waals surface area contributed by atoms with E-state index in [4.69, 9.17) is 9.84 Å². The van der Waals surface area contributed by atoms with Gasteiger partial charge in [-0.1, -0.05) is 62.4 Å². The van der Waals surface area contributed by atoms with Crippen LogP contribution in [-0.2, 0) is 14.3 Å². The molecule has 33 heavy (non-hydrogen) atoms. The summed E-state index contributed by atoms with van der Waals surface area (Å²) in [6.45, 7) is 3.98. The van der Waals surface area contributed by atoms with E-state index in [0.717, 1.165) is 22.3 Å². The van der Waals surface area contributed by atoms with Crippen LogP contribution in [0.2, 0.25) is 0 Å². The van der Waals surface area contributed by atoms with Crippen LogP contribution in [0, 0.1) is 5.41 Å². The Bertz CT molecular complexity index is 974. The molecule has 2 amide bonds. The van der Waals surface area contributed by atoms with Crippen molar-refractivity contribution in [1.29, 1.82) is 0 Å². The highest BCUT2D eigenvalue weighted by Crippen LogP contribution is 2.44. The van der Waals surface area contributed by atoms with E-state index in [1.165, 1.54) is 0 Å². The number of carbonyl (C=O) groups is 3. The average Bonchev–Trinajstić information content (AvgIpc) is 3.11. The zero-order chi connectivity index (χ0) is 24.0. The molecule has 0 aromatic heterocycles. The quantitative estimate of drug-likeness (QED) is 0.438. The first-order chi connectivity index (χ1) is 15.7. The molecule has 8 nitrogen and oxygen atoms in total. The lowest BCUT2D eigenvalue weighted by atomic mass is 9.88. The zero-order valence-electron chi connectivity index (χ0n) is 18.8. The van der Waals surface area contributed by atoms with E-state index in [2.05, 4.69) is 34.9 Å². The second-order valence-electron chi connectivity index (χ2n) is 8.78. The number of aliphatic hydroxyl groups is 1. The van der Waals surface area contributed by atoms with Gasteiger partial charge in [0.15, 0.2) is 6.10 Å². The maximum Gasteiger partial charge on any atom is 0.407 e. The van der Waals surface area contributed by atoms with Crippen LogP contribution >= 0.6 is 0 Å². The van der Waals surface area contributed by atoms with Crippen LogP contribution in [-0.4, -0.2) is 54.0 Å². The van der Waals surface area contributed by atoms with E-state index in [-0.39, 0.29) is 37.9 Å². The smallest absolute Gasteiger partial charge is 0.407 e. The molecule has 2 aromatic carbocycles. The molecule has 0 saturated carbocycles. The van der Waals surface area contributed by atoms with Gasteiger partial charge in [-0.25, -0.2) is 9.59 Å². The first kappa shape index (κ1) is 24.3. The SMILES string of the molecule is CC(C)(CCNC(=O)OCC1c2ccccc2-c2ccccc21)C(=O)NCC[C@H](O)C(=O)O. The number of hydrogen-bond acceptors (Lipinski definition) is 5. The van der Waals surface area contributed by atoms with Gasteiger partial charge in [0.1, 0.15) is 6.61 Å². The predicted molar refractivity (Wildman–Crippen MR) is 123 cm³/mol. The number of carbonyl (C=O) groups excluding carboxylic acids is 2. The van der Waals surface area contributed by atoms with Crippen molar-refractivity contribution in [3.8, 4) is 11.1 Å². The van der Waals surface area contributed by atoms with E-state index in [1.807, 2.05) is 24.3 Å². The molecule has 0 heterocycles. The van der Waals surface area contributed by atoms with Crippen molar-refractivity contribution >= 4 is 18.0 Å². The highest BCUT2D eigenvalue weighted by Gasteiger charge is 2.30. The number of carboxylic acids is 1. The number of hydrogen-bond donors (Lipinski definition) is 4. The largest absolute Gasteiger partial charge is 0.479 e. The van der Waals surface area contributed by atoms with Crippen LogP contribution in [0.25, 0.3) is 11.1 Å². The summed E-state index contributed by atoms with van der Waals surface area (Å²) in [6.07, 6.45) is -1.76. The molecular formula is C25H30N2O6. The molecule has 1 aliphatic rings. The van der Waals surface area contributed by atoms with E-state index >= 15 is 0 Å². The van der Waals surface area contributed by atoms with Crippen molar-refractivity contribution in [2.75, 3.05) is 19.7 Å². The van der Waals surface area contributed by atoms with Gasteiger partial charge in [-0.15, -0.1) is 0 Å². The molecule has 0 fully saturated rings. The third-order valence-corrected chi connectivity index (χ3v) is 5.97. The molecule has 0 bridgehead atoms. The fourth-order valence-corrected chi connectivity index (χ4v) is 3.93. The van der Waals surface area contributed by atoms with E-state index in [9.17, 15) is 19.5 Å². The summed E-state index contributed by atoms with van der Waals surface area (Å²) in [4.78, 5) is 35.2. The molecule has 0 aliphatic heterocycles. The summed E-state index contributed by atoms with van der Waals surface area (Å²) in [5.74, 6) is -1.63. The Morgan fingerprint density at radius 2 is 1.55 bits per heavy atom. The molecule has 4 N–H and O–H groups in total. The molecule has 1 aliphatic carbocycles. The molecular weight excluding hydrogens is 424 g/mol. The normalized spacial score (nSPS) is 13.5. The van der Waals surface area contributed by atoms with Gasteiger partial charge in [-0.2, -0.15) is 0 Å². The maximum atomic E-state index is 12.3. The summed E-state index contributed by atoms with van der Waals surface area (Å²) in [5, 5.41) is 23.3. The Morgan fingerprint density at radius 3 is 2.12 bits per heavy atom. The van der Waals surface area contributed by atoms with Gasteiger partial charge in [0, 0.05) is 30.8 Å². The van der Waals surface area contributed by atoms with Gasteiger partial charge in [0.25, 0.3) is 0 Å². The van der Waals surface area contributed by atoms with Crippen LogP contribution in [0.4, 0.5) is 4.79 Å². The molecule has 176 valence electrons.